The average Bonchev–Trinajstić information content (AvgIpc) is 2.46. The summed E-state index contributed by atoms with van der Waals surface area (Å²) >= 11 is 0. The SMILES string of the molecule is COc1cc([C@H](N2CCNCC2)C(C)(C)C)cc(C(F)(F)F)c1.Cl. The van der Waals surface area contributed by atoms with Gasteiger partial charge in [0.15, 0.2) is 0 Å². The van der Waals surface area contributed by atoms with Crippen molar-refractivity contribution in [2.45, 2.75) is 33.0 Å². The monoisotopic (exact) mass is 366 g/mol. The Morgan fingerprint density at radius 2 is 1.67 bits per heavy atom. The van der Waals surface area contributed by atoms with E-state index in [0.717, 1.165) is 32.2 Å². The largest absolute Gasteiger partial charge is 0.497 e. The minimum Gasteiger partial charge on any atom is -0.497 e. The molecule has 2 rings (SSSR count). The van der Waals surface area contributed by atoms with E-state index in [1.807, 2.05) is 0 Å². The van der Waals surface area contributed by atoms with Gasteiger partial charge in [-0.1, -0.05) is 20.8 Å². The van der Waals surface area contributed by atoms with Crippen molar-refractivity contribution in [2.24, 2.45) is 5.41 Å². The second kappa shape index (κ2) is 7.93. The molecule has 7 heteroatoms. The summed E-state index contributed by atoms with van der Waals surface area (Å²) in [5.41, 5.74) is -0.186. The highest BCUT2D eigenvalue weighted by atomic mass is 35.5. The normalized spacial score (nSPS) is 18.0. The van der Waals surface area contributed by atoms with Crippen molar-refractivity contribution >= 4 is 12.4 Å². The van der Waals surface area contributed by atoms with Crippen LogP contribution in [0.5, 0.6) is 5.75 Å². The molecule has 1 aromatic carbocycles. The summed E-state index contributed by atoms with van der Waals surface area (Å²) in [6, 6.07) is 3.95. The van der Waals surface area contributed by atoms with E-state index in [2.05, 4.69) is 31.0 Å². The van der Waals surface area contributed by atoms with E-state index in [4.69, 9.17) is 4.74 Å². The predicted octanol–water partition coefficient (Wildman–Crippen LogP) is 4.13. The standard InChI is InChI=1S/C17H25F3N2O.ClH/c1-16(2,3)15(22-7-5-21-6-8-22)12-9-13(17(18,19)20)11-14(10-12)23-4;/h9-11,15,21H,5-8H2,1-4H3;1H/t15-;/m0./s1. The van der Waals surface area contributed by atoms with Gasteiger partial charge in [0.1, 0.15) is 5.75 Å². The number of nitrogens with zero attached hydrogens (tertiary/aromatic N) is 1. The van der Waals surface area contributed by atoms with Gasteiger partial charge in [0.25, 0.3) is 0 Å². The summed E-state index contributed by atoms with van der Waals surface area (Å²) in [6.45, 7) is 9.53. The summed E-state index contributed by atoms with van der Waals surface area (Å²) < 4.78 is 44.7. The zero-order valence-electron chi connectivity index (χ0n) is 14.5. The topological polar surface area (TPSA) is 24.5 Å². The molecule has 1 fully saturated rings. The van der Waals surface area contributed by atoms with Crippen molar-refractivity contribution < 1.29 is 17.9 Å². The van der Waals surface area contributed by atoms with E-state index in [1.54, 1.807) is 6.07 Å². The third-order valence-electron chi connectivity index (χ3n) is 4.14. The number of ether oxygens (including phenoxy) is 1. The molecular weight excluding hydrogens is 341 g/mol. The highest BCUT2D eigenvalue weighted by Gasteiger charge is 2.36. The molecule has 1 aliphatic rings. The second-order valence-corrected chi connectivity index (χ2v) is 7.05. The van der Waals surface area contributed by atoms with Gasteiger partial charge >= 0.3 is 6.18 Å². The molecule has 1 atom stereocenters. The lowest BCUT2D eigenvalue weighted by atomic mass is 9.80. The molecule has 0 aromatic heterocycles. The van der Waals surface area contributed by atoms with Gasteiger partial charge in [-0.3, -0.25) is 4.90 Å². The van der Waals surface area contributed by atoms with Gasteiger partial charge in [-0.25, -0.2) is 0 Å². The number of alkyl halides is 3. The molecule has 24 heavy (non-hydrogen) atoms. The van der Waals surface area contributed by atoms with Crippen LogP contribution in [0.3, 0.4) is 0 Å². The maximum absolute atomic E-state index is 13.2. The molecule has 1 heterocycles. The van der Waals surface area contributed by atoms with Crippen LogP contribution < -0.4 is 10.1 Å². The Labute approximate surface area is 148 Å². The maximum Gasteiger partial charge on any atom is 0.416 e. The first-order chi connectivity index (χ1) is 10.6. The van der Waals surface area contributed by atoms with E-state index < -0.39 is 11.7 Å². The molecule has 0 saturated carbocycles. The van der Waals surface area contributed by atoms with Crippen LogP contribution in [0.15, 0.2) is 18.2 Å². The number of hydrogen-bond donors (Lipinski definition) is 1. The molecule has 138 valence electrons. The summed E-state index contributed by atoms with van der Waals surface area (Å²) in [7, 11) is 1.40. The fourth-order valence-electron chi connectivity index (χ4n) is 3.26. The van der Waals surface area contributed by atoms with Gasteiger partial charge in [-0.05, 0) is 29.2 Å². The van der Waals surface area contributed by atoms with Crippen molar-refractivity contribution in [3.8, 4) is 5.75 Å². The van der Waals surface area contributed by atoms with Crippen molar-refractivity contribution in [3.63, 3.8) is 0 Å². The van der Waals surface area contributed by atoms with Crippen LogP contribution in [-0.2, 0) is 6.18 Å². The first-order valence-corrected chi connectivity index (χ1v) is 7.84. The molecule has 1 saturated heterocycles. The average molecular weight is 367 g/mol. The van der Waals surface area contributed by atoms with Crippen LogP contribution in [0.4, 0.5) is 13.2 Å². The van der Waals surface area contributed by atoms with Crippen LogP contribution in [0.1, 0.15) is 37.9 Å². The molecule has 1 N–H and O–H groups in total. The van der Waals surface area contributed by atoms with Crippen molar-refractivity contribution in [2.75, 3.05) is 33.3 Å². The lowest BCUT2D eigenvalue weighted by Gasteiger charge is -2.42. The van der Waals surface area contributed by atoms with Gasteiger partial charge in [0, 0.05) is 32.2 Å². The Bertz CT molecular complexity index is 538. The predicted molar refractivity (Wildman–Crippen MR) is 91.9 cm³/mol. The van der Waals surface area contributed by atoms with Crippen LogP contribution >= 0.6 is 12.4 Å². The van der Waals surface area contributed by atoms with Gasteiger partial charge in [0.2, 0.25) is 0 Å². The number of hydrogen-bond acceptors (Lipinski definition) is 3. The van der Waals surface area contributed by atoms with E-state index in [-0.39, 0.29) is 29.6 Å². The molecule has 0 amide bonds. The van der Waals surface area contributed by atoms with E-state index in [1.165, 1.54) is 13.2 Å². The number of halogens is 4. The first kappa shape index (κ1) is 21.1. The molecular formula is C17H26ClF3N2O. The molecule has 0 spiro atoms. The highest BCUT2D eigenvalue weighted by molar-refractivity contribution is 5.85. The zero-order valence-corrected chi connectivity index (χ0v) is 15.4. The van der Waals surface area contributed by atoms with Crippen LogP contribution in [0, 0.1) is 5.41 Å². The van der Waals surface area contributed by atoms with Crippen LogP contribution in [0.2, 0.25) is 0 Å². The van der Waals surface area contributed by atoms with Gasteiger partial charge in [-0.15, -0.1) is 12.4 Å². The van der Waals surface area contributed by atoms with Crippen molar-refractivity contribution in [1.29, 1.82) is 0 Å². The van der Waals surface area contributed by atoms with Gasteiger partial charge < -0.3 is 10.1 Å². The van der Waals surface area contributed by atoms with Gasteiger partial charge in [0.05, 0.1) is 12.7 Å². The fourth-order valence-corrected chi connectivity index (χ4v) is 3.26. The number of rotatable bonds is 3. The Hall–Kier alpha value is -0.980. The lowest BCUT2D eigenvalue weighted by Crippen LogP contribution is -2.48. The number of methoxy groups -OCH3 is 1. The van der Waals surface area contributed by atoms with Crippen LogP contribution in [-0.4, -0.2) is 38.2 Å². The summed E-state index contributed by atoms with van der Waals surface area (Å²) in [4.78, 5) is 2.26. The summed E-state index contributed by atoms with van der Waals surface area (Å²) in [5.74, 6) is 0.249. The quantitative estimate of drug-likeness (QED) is 0.870. The first-order valence-electron chi connectivity index (χ1n) is 7.84. The smallest absolute Gasteiger partial charge is 0.416 e. The fraction of sp³-hybridized carbons (Fsp3) is 0.647. The molecule has 0 unspecified atom stereocenters. The molecule has 0 aliphatic carbocycles. The molecule has 1 aliphatic heterocycles. The minimum absolute atomic E-state index is 0. The third kappa shape index (κ3) is 5.01. The number of nitrogens with one attached hydrogen (secondary N) is 1. The summed E-state index contributed by atoms with van der Waals surface area (Å²) in [5, 5.41) is 3.28. The van der Waals surface area contributed by atoms with E-state index in [9.17, 15) is 13.2 Å². The Morgan fingerprint density at radius 1 is 1.08 bits per heavy atom. The minimum atomic E-state index is -4.38. The molecule has 0 bridgehead atoms. The summed E-state index contributed by atoms with van der Waals surface area (Å²) in [6.07, 6.45) is -4.38. The Balaban J connectivity index is 0.00000288. The molecule has 0 radical (unpaired) electrons. The number of piperazine rings is 1. The van der Waals surface area contributed by atoms with E-state index in [0.29, 0.717) is 5.56 Å². The molecule has 3 nitrogen and oxygen atoms in total. The molecule has 1 aromatic rings. The van der Waals surface area contributed by atoms with Crippen molar-refractivity contribution in [1.82, 2.24) is 10.2 Å². The zero-order chi connectivity index (χ0) is 17.3. The lowest BCUT2D eigenvalue weighted by molar-refractivity contribution is -0.137. The number of benzene rings is 1. The van der Waals surface area contributed by atoms with E-state index >= 15 is 0 Å². The second-order valence-electron chi connectivity index (χ2n) is 7.05. The maximum atomic E-state index is 13.2. The van der Waals surface area contributed by atoms with Crippen LogP contribution in [0.25, 0.3) is 0 Å². The Morgan fingerprint density at radius 3 is 2.12 bits per heavy atom. The van der Waals surface area contributed by atoms with Crippen molar-refractivity contribution in [3.05, 3.63) is 29.3 Å². The Kier molecular flexibility index (Phi) is 6.96. The van der Waals surface area contributed by atoms with Gasteiger partial charge in [-0.2, -0.15) is 13.2 Å². The highest BCUT2D eigenvalue weighted by Crippen LogP contribution is 2.42. The third-order valence-corrected chi connectivity index (χ3v) is 4.14.